The van der Waals surface area contributed by atoms with Gasteiger partial charge in [-0.25, -0.2) is 0 Å². The molecule has 1 amide bonds. The van der Waals surface area contributed by atoms with Gasteiger partial charge in [-0.15, -0.1) is 10.2 Å². The Kier molecular flexibility index (Phi) is 4.60. The van der Waals surface area contributed by atoms with E-state index in [1.165, 1.54) is 0 Å². The summed E-state index contributed by atoms with van der Waals surface area (Å²) in [5, 5.41) is 12.2. The van der Waals surface area contributed by atoms with Crippen LogP contribution in [-0.2, 0) is 0 Å². The van der Waals surface area contributed by atoms with Crippen LogP contribution in [-0.4, -0.2) is 20.9 Å². The number of anilines is 1. The van der Waals surface area contributed by atoms with Crippen LogP contribution in [0.1, 0.15) is 10.4 Å². The summed E-state index contributed by atoms with van der Waals surface area (Å²) < 4.78 is 0.943. The van der Waals surface area contributed by atoms with Gasteiger partial charge in [0.05, 0.1) is 16.3 Å². The Morgan fingerprint density at radius 3 is 2.54 bits per heavy atom. The van der Waals surface area contributed by atoms with E-state index < -0.39 is 0 Å². The number of nitrogens with zero attached hydrogens (tertiary/aromatic N) is 3. The van der Waals surface area contributed by atoms with Crippen molar-refractivity contribution >= 4 is 56.8 Å². The molecule has 1 N–H and O–H groups in total. The number of halogens is 2. The van der Waals surface area contributed by atoms with Gasteiger partial charge in [-0.2, -0.15) is 4.80 Å². The minimum Gasteiger partial charge on any atom is -0.322 e. The molecule has 0 spiro atoms. The van der Waals surface area contributed by atoms with Crippen molar-refractivity contribution in [3.8, 4) is 5.69 Å². The van der Waals surface area contributed by atoms with Crippen molar-refractivity contribution in [1.82, 2.24) is 15.0 Å². The zero-order chi connectivity index (χ0) is 18.1. The summed E-state index contributed by atoms with van der Waals surface area (Å²) in [6, 6.07) is 20.4. The molecule has 0 radical (unpaired) electrons. The van der Waals surface area contributed by atoms with Crippen molar-refractivity contribution in [3.05, 3.63) is 80.9 Å². The van der Waals surface area contributed by atoms with E-state index in [1.54, 1.807) is 29.1 Å². The number of para-hydroxylation sites is 1. The first kappa shape index (κ1) is 17.0. The molecule has 1 heterocycles. The Hall–Kier alpha value is -2.45. The third-order valence-corrected chi connectivity index (χ3v) is 4.80. The van der Waals surface area contributed by atoms with Crippen LogP contribution in [0.25, 0.3) is 16.7 Å². The minimum atomic E-state index is -0.261. The second kappa shape index (κ2) is 7.05. The number of carbonyl (C=O) groups excluding carboxylic acids is 1. The lowest BCUT2D eigenvalue weighted by atomic mass is 10.2. The second-order valence-corrected chi connectivity index (χ2v) is 7.26. The topological polar surface area (TPSA) is 59.8 Å². The van der Waals surface area contributed by atoms with E-state index in [0.29, 0.717) is 21.8 Å². The summed E-state index contributed by atoms with van der Waals surface area (Å²) in [6.07, 6.45) is 0. The lowest BCUT2D eigenvalue weighted by Gasteiger charge is -2.07. The Morgan fingerprint density at radius 2 is 1.73 bits per heavy atom. The van der Waals surface area contributed by atoms with Crippen LogP contribution >= 0.6 is 34.2 Å². The number of hydrogen-bond acceptors (Lipinski definition) is 3. The number of amides is 1. The lowest BCUT2D eigenvalue weighted by Crippen LogP contribution is -2.12. The predicted molar refractivity (Wildman–Crippen MR) is 111 cm³/mol. The molecule has 0 saturated carbocycles. The summed E-state index contributed by atoms with van der Waals surface area (Å²) in [5.74, 6) is -0.261. The number of fused-ring (bicyclic) bond motifs is 1. The quantitative estimate of drug-likeness (QED) is 0.428. The average molecular weight is 475 g/mol. The number of rotatable bonds is 3. The molecule has 5 nitrogen and oxygen atoms in total. The fraction of sp³-hybridized carbons (Fsp3) is 0. The predicted octanol–water partition coefficient (Wildman–Crippen LogP) is 4.93. The van der Waals surface area contributed by atoms with Gasteiger partial charge in [-0.3, -0.25) is 4.79 Å². The van der Waals surface area contributed by atoms with Crippen LogP contribution in [0.3, 0.4) is 0 Å². The van der Waals surface area contributed by atoms with E-state index in [1.807, 2.05) is 42.5 Å². The van der Waals surface area contributed by atoms with Crippen molar-refractivity contribution in [3.63, 3.8) is 0 Å². The summed E-state index contributed by atoms with van der Waals surface area (Å²) in [6.45, 7) is 0. The maximum absolute atomic E-state index is 12.5. The molecule has 4 rings (SSSR count). The zero-order valence-corrected chi connectivity index (χ0v) is 16.3. The van der Waals surface area contributed by atoms with Crippen molar-refractivity contribution in [1.29, 1.82) is 0 Å². The third-order valence-electron chi connectivity index (χ3n) is 3.80. The van der Waals surface area contributed by atoms with Gasteiger partial charge in [-0.05, 0) is 71.1 Å². The molecule has 4 aromatic rings. The van der Waals surface area contributed by atoms with E-state index in [0.717, 1.165) is 14.8 Å². The van der Waals surface area contributed by atoms with Crippen LogP contribution in [0.2, 0.25) is 5.02 Å². The highest BCUT2D eigenvalue weighted by atomic mass is 127. The van der Waals surface area contributed by atoms with E-state index in [-0.39, 0.29) is 5.91 Å². The highest BCUT2D eigenvalue weighted by Crippen LogP contribution is 2.22. The van der Waals surface area contributed by atoms with Gasteiger partial charge >= 0.3 is 0 Å². The largest absolute Gasteiger partial charge is 0.322 e. The molecular weight excluding hydrogens is 463 g/mol. The molecule has 26 heavy (non-hydrogen) atoms. The number of benzene rings is 3. The fourth-order valence-corrected chi connectivity index (χ4v) is 3.23. The number of aromatic nitrogens is 3. The minimum absolute atomic E-state index is 0.261. The maximum Gasteiger partial charge on any atom is 0.257 e. The van der Waals surface area contributed by atoms with E-state index in [2.05, 4.69) is 38.1 Å². The molecule has 3 aromatic carbocycles. The van der Waals surface area contributed by atoms with Gasteiger partial charge in [-0.1, -0.05) is 29.8 Å². The molecule has 0 aliphatic carbocycles. The van der Waals surface area contributed by atoms with Crippen molar-refractivity contribution in [2.75, 3.05) is 5.32 Å². The Bertz CT molecular complexity index is 1110. The molecule has 0 atom stereocenters. The Labute approximate surface area is 168 Å². The summed E-state index contributed by atoms with van der Waals surface area (Å²) >= 11 is 8.28. The number of nitrogens with one attached hydrogen (secondary N) is 1. The van der Waals surface area contributed by atoms with Gasteiger partial charge in [0.1, 0.15) is 11.0 Å². The van der Waals surface area contributed by atoms with Crippen LogP contribution < -0.4 is 5.32 Å². The van der Waals surface area contributed by atoms with Crippen LogP contribution in [0, 0.1) is 3.57 Å². The zero-order valence-electron chi connectivity index (χ0n) is 13.4. The van der Waals surface area contributed by atoms with Crippen molar-refractivity contribution in [2.24, 2.45) is 0 Å². The van der Waals surface area contributed by atoms with E-state index >= 15 is 0 Å². The molecule has 128 valence electrons. The SMILES string of the molecule is O=C(Nc1ccc2nn(-c3ccccc3)nc2c1)c1cc(I)ccc1Cl. The Morgan fingerprint density at radius 1 is 0.962 bits per heavy atom. The summed E-state index contributed by atoms with van der Waals surface area (Å²) in [5.41, 5.74) is 3.39. The summed E-state index contributed by atoms with van der Waals surface area (Å²) in [4.78, 5) is 14.1. The van der Waals surface area contributed by atoms with Gasteiger partial charge in [0.25, 0.3) is 5.91 Å². The van der Waals surface area contributed by atoms with Crippen molar-refractivity contribution < 1.29 is 4.79 Å². The van der Waals surface area contributed by atoms with E-state index in [9.17, 15) is 4.79 Å². The first-order chi connectivity index (χ1) is 12.6. The highest BCUT2D eigenvalue weighted by molar-refractivity contribution is 14.1. The lowest BCUT2D eigenvalue weighted by molar-refractivity contribution is 0.102. The van der Waals surface area contributed by atoms with Gasteiger partial charge in [0, 0.05) is 9.26 Å². The van der Waals surface area contributed by atoms with Gasteiger partial charge < -0.3 is 5.32 Å². The fourth-order valence-electron chi connectivity index (χ4n) is 2.54. The standard InChI is InChI=1S/C19H12ClIN4O/c20-16-8-6-12(21)10-15(16)19(26)22-13-7-9-17-18(11-13)24-25(23-17)14-4-2-1-3-5-14/h1-11H,(H,22,26). The molecule has 0 aliphatic heterocycles. The first-order valence-electron chi connectivity index (χ1n) is 7.79. The maximum atomic E-state index is 12.5. The third kappa shape index (κ3) is 3.42. The molecule has 1 aromatic heterocycles. The molecule has 7 heteroatoms. The number of hydrogen-bond donors (Lipinski definition) is 1. The van der Waals surface area contributed by atoms with Crippen molar-refractivity contribution in [2.45, 2.75) is 0 Å². The smallest absolute Gasteiger partial charge is 0.257 e. The normalized spacial score (nSPS) is 10.8. The first-order valence-corrected chi connectivity index (χ1v) is 9.25. The van der Waals surface area contributed by atoms with Crippen LogP contribution in [0.5, 0.6) is 0 Å². The van der Waals surface area contributed by atoms with Crippen LogP contribution in [0.15, 0.2) is 66.7 Å². The van der Waals surface area contributed by atoms with Gasteiger partial charge in [0.2, 0.25) is 0 Å². The molecule has 0 saturated heterocycles. The van der Waals surface area contributed by atoms with E-state index in [4.69, 9.17) is 11.6 Å². The molecule has 0 fully saturated rings. The summed E-state index contributed by atoms with van der Waals surface area (Å²) in [7, 11) is 0. The molecule has 0 aliphatic rings. The Balaban J connectivity index is 1.63. The molecular formula is C19H12ClIN4O. The van der Waals surface area contributed by atoms with Gasteiger partial charge in [0.15, 0.2) is 0 Å². The average Bonchev–Trinajstić information content (AvgIpc) is 3.08. The highest BCUT2D eigenvalue weighted by Gasteiger charge is 2.12. The molecule has 0 bridgehead atoms. The molecule has 0 unspecified atom stereocenters. The second-order valence-electron chi connectivity index (χ2n) is 5.61. The monoisotopic (exact) mass is 474 g/mol. The number of carbonyl (C=O) groups is 1. The van der Waals surface area contributed by atoms with Crippen LogP contribution in [0.4, 0.5) is 5.69 Å².